The van der Waals surface area contributed by atoms with Gasteiger partial charge in [-0.05, 0) is 5.56 Å². The summed E-state index contributed by atoms with van der Waals surface area (Å²) in [6.07, 6.45) is 0.533. The van der Waals surface area contributed by atoms with Gasteiger partial charge in [0.25, 0.3) is 0 Å². The zero-order valence-electron chi connectivity index (χ0n) is 9.99. The molecular formula is C13H20N2O. The molecule has 0 atom stereocenters. The zero-order chi connectivity index (χ0) is 11.8. The number of hydrogen-bond acceptors (Lipinski definition) is 2. The topological polar surface area (TPSA) is 41.1 Å². The molecule has 0 heterocycles. The minimum atomic E-state index is 0.0944. The fourth-order valence-corrected chi connectivity index (χ4v) is 1.36. The predicted octanol–water partition coefficient (Wildman–Crippen LogP) is 1.69. The Morgan fingerprint density at radius 3 is 2.56 bits per heavy atom. The third-order valence-corrected chi connectivity index (χ3v) is 2.24. The van der Waals surface area contributed by atoms with Crippen LogP contribution in [-0.2, 0) is 11.3 Å². The second kappa shape index (κ2) is 7.01. The summed E-state index contributed by atoms with van der Waals surface area (Å²) in [4.78, 5) is 11.4. The Morgan fingerprint density at radius 2 is 1.94 bits per heavy atom. The van der Waals surface area contributed by atoms with Crippen LogP contribution in [0.25, 0.3) is 0 Å². The Bertz CT molecular complexity index is 309. The first-order valence-corrected chi connectivity index (χ1v) is 5.72. The molecular weight excluding hydrogens is 200 g/mol. The van der Waals surface area contributed by atoms with Gasteiger partial charge in [0, 0.05) is 25.6 Å². The van der Waals surface area contributed by atoms with Crippen molar-refractivity contribution >= 4 is 5.91 Å². The number of amides is 1. The van der Waals surface area contributed by atoms with Crippen molar-refractivity contribution in [3.63, 3.8) is 0 Å². The van der Waals surface area contributed by atoms with Crippen molar-refractivity contribution < 1.29 is 4.79 Å². The summed E-state index contributed by atoms with van der Waals surface area (Å²) in [6, 6.07) is 10.4. The lowest BCUT2D eigenvalue weighted by Crippen LogP contribution is -2.30. The van der Waals surface area contributed by atoms with Gasteiger partial charge in [0.2, 0.25) is 5.91 Å². The van der Waals surface area contributed by atoms with Crippen molar-refractivity contribution in [2.75, 3.05) is 6.54 Å². The molecule has 0 fully saturated rings. The zero-order valence-corrected chi connectivity index (χ0v) is 9.99. The van der Waals surface area contributed by atoms with Gasteiger partial charge in [-0.1, -0.05) is 44.2 Å². The van der Waals surface area contributed by atoms with Crippen LogP contribution < -0.4 is 10.6 Å². The maximum atomic E-state index is 11.4. The van der Waals surface area contributed by atoms with E-state index in [1.165, 1.54) is 0 Å². The lowest BCUT2D eigenvalue weighted by atomic mass is 10.2. The molecule has 16 heavy (non-hydrogen) atoms. The van der Waals surface area contributed by atoms with Crippen LogP contribution in [0.2, 0.25) is 0 Å². The van der Waals surface area contributed by atoms with Crippen molar-refractivity contribution in [2.24, 2.45) is 0 Å². The number of benzene rings is 1. The summed E-state index contributed by atoms with van der Waals surface area (Å²) in [6.45, 7) is 5.49. The highest BCUT2D eigenvalue weighted by atomic mass is 16.1. The summed E-state index contributed by atoms with van der Waals surface area (Å²) in [5.41, 5.74) is 1.13. The van der Waals surface area contributed by atoms with E-state index in [-0.39, 0.29) is 5.91 Å². The van der Waals surface area contributed by atoms with Crippen LogP contribution in [0.4, 0.5) is 0 Å². The van der Waals surface area contributed by atoms with E-state index in [1.807, 2.05) is 30.3 Å². The van der Waals surface area contributed by atoms with E-state index >= 15 is 0 Å². The summed E-state index contributed by atoms with van der Waals surface area (Å²) in [5, 5.41) is 6.11. The first-order chi connectivity index (χ1) is 7.68. The van der Waals surface area contributed by atoms with Crippen LogP contribution in [0.15, 0.2) is 30.3 Å². The van der Waals surface area contributed by atoms with Gasteiger partial charge < -0.3 is 10.6 Å². The largest absolute Gasteiger partial charge is 0.352 e. The van der Waals surface area contributed by atoms with E-state index in [9.17, 15) is 4.79 Å². The van der Waals surface area contributed by atoms with Crippen LogP contribution >= 0.6 is 0 Å². The molecule has 0 aliphatic heterocycles. The monoisotopic (exact) mass is 220 g/mol. The molecule has 1 aromatic carbocycles. The Kier molecular flexibility index (Phi) is 5.57. The maximum Gasteiger partial charge on any atom is 0.221 e. The van der Waals surface area contributed by atoms with Gasteiger partial charge in [0.05, 0.1) is 0 Å². The maximum absolute atomic E-state index is 11.4. The summed E-state index contributed by atoms with van der Waals surface area (Å²) in [7, 11) is 0. The second-order valence-corrected chi connectivity index (χ2v) is 4.12. The van der Waals surface area contributed by atoms with Crippen molar-refractivity contribution in [2.45, 2.75) is 32.9 Å². The van der Waals surface area contributed by atoms with E-state index in [1.54, 1.807) is 0 Å². The van der Waals surface area contributed by atoms with Crippen molar-refractivity contribution in [3.8, 4) is 0 Å². The molecule has 1 aromatic rings. The average Bonchev–Trinajstić information content (AvgIpc) is 2.27. The van der Waals surface area contributed by atoms with Gasteiger partial charge in [-0.3, -0.25) is 4.79 Å². The Morgan fingerprint density at radius 1 is 1.25 bits per heavy atom. The Labute approximate surface area is 97.2 Å². The number of rotatable bonds is 6. The van der Waals surface area contributed by atoms with Crippen LogP contribution in [-0.4, -0.2) is 18.5 Å². The molecule has 0 saturated heterocycles. The molecule has 88 valence electrons. The quantitative estimate of drug-likeness (QED) is 0.766. The molecule has 0 unspecified atom stereocenters. The van der Waals surface area contributed by atoms with Gasteiger partial charge in [0.1, 0.15) is 0 Å². The Hall–Kier alpha value is -1.35. The molecule has 0 aliphatic rings. The third-order valence-electron chi connectivity index (χ3n) is 2.24. The van der Waals surface area contributed by atoms with Crippen LogP contribution in [0.3, 0.4) is 0 Å². The standard InChI is InChI=1S/C13H20N2O/c1-11(2)14-9-8-13(16)15-10-12-6-4-3-5-7-12/h3-7,11,14H,8-10H2,1-2H3,(H,15,16). The lowest BCUT2D eigenvalue weighted by molar-refractivity contribution is -0.121. The number of hydrogen-bond donors (Lipinski definition) is 2. The molecule has 0 spiro atoms. The number of carbonyl (C=O) groups is 1. The van der Waals surface area contributed by atoms with Gasteiger partial charge >= 0.3 is 0 Å². The minimum absolute atomic E-state index is 0.0944. The minimum Gasteiger partial charge on any atom is -0.352 e. The predicted molar refractivity (Wildman–Crippen MR) is 66.0 cm³/mol. The summed E-state index contributed by atoms with van der Waals surface area (Å²) < 4.78 is 0. The molecule has 0 saturated carbocycles. The van der Waals surface area contributed by atoms with Crippen LogP contribution in [0.1, 0.15) is 25.8 Å². The lowest BCUT2D eigenvalue weighted by Gasteiger charge is -2.08. The first kappa shape index (κ1) is 12.7. The molecule has 3 heteroatoms. The van der Waals surface area contributed by atoms with E-state index in [2.05, 4.69) is 24.5 Å². The third kappa shape index (κ3) is 5.51. The highest BCUT2D eigenvalue weighted by Crippen LogP contribution is 1.97. The molecule has 1 rings (SSSR count). The average molecular weight is 220 g/mol. The molecule has 3 nitrogen and oxygen atoms in total. The SMILES string of the molecule is CC(C)NCCC(=O)NCc1ccccc1. The van der Waals surface area contributed by atoms with E-state index in [0.29, 0.717) is 19.0 Å². The molecule has 1 amide bonds. The van der Waals surface area contributed by atoms with Crippen LogP contribution in [0.5, 0.6) is 0 Å². The van der Waals surface area contributed by atoms with E-state index < -0.39 is 0 Å². The Balaban J connectivity index is 2.16. The first-order valence-electron chi connectivity index (χ1n) is 5.72. The van der Waals surface area contributed by atoms with Gasteiger partial charge in [-0.25, -0.2) is 0 Å². The summed E-state index contributed by atoms with van der Waals surface area (Å²) in [5.74, 6) is 0.0944. The fraction of sp³-hybridized carbons (Fsp3) is 0.462. The van der Waals surface area contributed by atoms with Gasteiger partial charge in [-0.15, -0.1) is 0 Å². The highest BCUT2D eigenvalue weighted by molar-refractivity contribution is 5.76. The second-order valence-electron chi connectivity index (χ2n) is 4.12. The summed E-state index contributed by atoms with van der Waals surface area (Å²) >= 11 is 0. The number of nitrogens with one attached hydrogen (secondary N) is 2. The van der Waals surface area contributed by atoms with E-state index in [4.69, 9.17) is 0 Å². The molecule has 2 N–H and O–H groups in total. The van der Waals surface area contributed by atoms with Crippen molar-refractivity contribution in [1.82, 2.24) is 10.6 Å². The smallest absolute Gasteiger partial charge is 0.221 e. The van der Waals surface area contributed by atoms with E-state index in [0.717, 1.165) is 12.1 Å². The molecule has 0 radical (unpaired) electrons. The molecule has 0 bridgehead atoms. The van der Waals surface area contributed by atoms with Gasteiger partial charge in [0.15, 0.2) is 0 Å². The van der Waals surface area contributed by atoms with Crippen molar-refractivity contribution in [3.05, 3.63) is 35.9 Å². The fourth-order valence-electron chi connectivity index (χ4n) is 1.36. The number of carbonyl (C=O) groups excluding carboxylic acids is 1. The molecule has 0 aromatic heterocycles. The van der Waals surface area contributed by atoms with Crippen LogP contribution in [0, 0.1) is 0 Å². The normalized spacial score (nSPS) is 10.4. The van der Waals surface area contributed by atoms with Gasteiger partial charge in [-0.2, -0.15) is 0 Å². The molecule has 0 aliphatic carbocycles. The highest BCUT2D eigenvalue weighted by Gasteiger charge is 2.01. The van der Waals surface area contributed by atoms with Crippen molar-refractivity contribution in [1.29, 1.82) is 0 Å².